The summed E-state index contributed by atoms with van der Waals surface area (Å²) in [5.41, 5.74) is 2.02. The molecule has 0 bridgehead atoms. The first-order chi connectivity index (χ1) is 12.9. The lowest BCUT2D eigenvalue weighted by Gasteiger charge is -2.47. The number of unbranched alkanes of at least 4 members (excludes halogenated alkanes) is 2. The second kappa shape index (κ2) is 8.49. The number of allylic oxidation sites excluding steroid dienone is 2. The molecule has 1 aliphatic rings. The molecule has 0 saturated heterocycles. The molecule has 140 valence electrons. The number of aliphatic hydroxyl groups is 1. The lowest BCUT2D eigenvalue weighted by molar-refractivity contribution is 0.234. The normalized spacial score (nSPS) is 21.9. The maximum absolute atomic E-state index is 10.7. The molecule has 1 aromatic rings. The lowest BCUT2D eigenvalue weighted by Crippen LogP contribution is -2.43. The van der Waals surface area contributed by atoms with Crippen molar-refractivity contribution in [1.29, 1.82) is 0 Å². The second-order valence-corrected chi connectivity index (χ2v) is 8.13. The number of aryl methyl sites for hydroxylation is 1. The minimum absolute atomic E-state index is 0.0301. The number of hydrogen-bond acceptors (Lipinski definition) is 3. The highest BCUT2D eigenvalue weighted by Gasteiger charge is 2.42. The molecule has 1 aromatic carbocycles. The first kappa shape index (κ1) is 22.8. The van der Waals surface area contributed by atoms with E-state index in [9.17, 15) is 15.3 Å². The highest BCUT2D eigenvalue weighted by atomic mass is 16.3. The molecule has 0 unspecified atom stereocenters. The SMILES string of the molecule is [B]C([B])(O)C1=C[C@@H](c2c(O)cc(CCCCC)cc2O)[C@H](C(=C)C)CC1([B])[B]. The van der Waals surface area contributed by atoms with Gasteiger partial charge in [-0.2, -0.15) is 0 Å². The van der Waals surface area contributed by atoms with Crippen LogP contribution >= 0.6 is 0 Å². The topological polar surface area (TPSA) is 60.7 Å². The Labute approximate surface area is 174 Å². The van der Waals surface area contributed by atoms with E-state index in [1.165, 1.54) is 0 Å². The highest BCUT2D eigenvalue weighted by Crippen LogP contribution is 2.54. The van der Waals surface area contributed by atoms with Crippen molar-refractivity contribution in [3.8, 4) is 11.5 Å². The van der Waals surface area contributed by atoms with Crippen LogP contribution in [0.1, 0.15) is 56.6 Å². The minimum atomic E-state index is -2.22. The largest absolute Gasteiger partial charge is 0.507 e. The number of rotatable bonds is 7. The molecule has 8 radical (unpaired) electrons. The van der Waals surface area contributed by atoms with Crippen molar-refractivity contribution in [2.24, 2.45) is 5.92 Å². The molecule has 1 aliphatic carbocycles. The summed E-state index contributed by atoms with van der Waals surface area (Å²) in [5, 5.41) is 27.9. The van der Waals surface area contributed by atoms with E-state index in [0.29, 0.717) is 5.56 Å². The van der Waals surface area contributed by atoms with E-state index in [2.05, 4.69) is 13.5 Å². The summed E-state index contributed by atoms with van der Waals surface area (Å²) in [4.78, 5) is 0. The molecule has 2 atom stereocenters. The predicted molar refractivity (Wildman–Crippen MR) is 117 cm³/mol. The first-order valence-electron chi connectivity index (χ1n) is 9.69. The van der Waals surface area contributed by atoms with Crippen molar-refractivity contribution in [3.63, 3.8) is 0 Å². The van der Waals surface area contributed by atoms with E-state index >= 15 is 0 Å². The van der Waals surface area contributed by atoms with Crippen LogP contribution in [0.3, 0.4) is 0 Å². The summed E-state index contributed by atoms with van der Waals surface area (Å²) >= 11 is 0. The first-order valence-corrected chi connectivity index (χ1v) is 9.69. The van der Waals surface area contributed by atoms with Crippen LogP contribution in [0.25, 0.3) is 0 Å². The Balaban J connectivity index is 2.54. The number of benzene rings is 1. The fourth-order valence-corrected chi connectivity index (χ4v) is 4.07. The van der Waals surface area contributed by atoms with E-state index < -0.39 is 16.5 Å². The molecule has 0 spiro atoms. The van der Waals surface area contributed by atoms with Gasteiger partial charge in [-0.15, -0.1) is 0 Å². The van der Waals surface area contributed by atoms with Crippen molar-refractivity contribution in [1.82, 2.24) is 0 Å². The van der Waals surface area contributed by atoms with E-state index in [1.54, 1.807) is 18.2 Å². The zero-order valence-electron chi connectivity index (χ0n) is 16.8. The fourth-order valence-electron chi connectivity index (χ4n) is 4.07. The zero-order valence-corrected chi connectivity index (χ0v) is 16.8. The van der Waals surface area contributed by atoms with Crippen LogP contribution in [0.4, 0.5) is 0 Å². The fraction of sp³-hybridized carbons (Fsp3) is 0.524. The Kier molecular flexibility index (Phi) is 6.91. The summed E-state index contributed by atoms with van der Waals surface area (Å²) in [7, 11) is 23.7. The quantitative estimate of drug-likeness (QED) is 0.393. The van der Waals surface area contributed by atoms with Crippen molar-refractivity contribution in [3.05, 3.63) is 47.1 Å². The third kappa shape index (κ3) is 4.92. The number of phenols is 2. The van der Waals surface area contributed by atoms with Crippen molar-refractivity contribution in [2.75, 3.05) is 0 Å². The zero-order chi connectivity index (χ0) is 21.3. The van der Waals surface area contributed by atoms with Gasteiger partial charge in [0.15, 0.2) is 0 Å². The van der Waals surface area contributed by atoms with Gasteiger partial charge in [-0.05, 0) is 43.4 Å². The van der Waals surface area contributed by atoms with Crippen LogP contribution in [0, 0.1) is 5.92 Å². The third-order valence-electron chi connectivity index (χ3n) is 5.50. The molecular formula is C21H26B4O3. The van der Waals surface area contributed by atoms with Gasteiger partial charge in [-0.25, -0.2) is 0 Å². The van der Waals surface area contributed by atoms with Gasteiger partial charge in [0.25, 0.3) is 0 Å². The molecule has 0 amide bonds. The molecule has 28 heavy (non-hydrogen) atoms. The Morgan fingerprint density at radius 1 is 1.21 bits per heavy atom. The Bertz CT molecular complexity index is 742. The van der Waals surface area contributed by atoms with E-state index in [0.717, 1.165) is 36.8 Å². The van der Waals surface area contributed by atoms with Gasteiger partial charge < -0.3 is 15.3 Å². The smallest absolute Gasteiger partial charge is 0.123 e. The highest BCUT2D eigenvalue weighted by molar-refractivity contribution is 6.47. The summed E-state index contributed by atoms with van der Waals surface area (Å²) in [5.74, 6) is -0.866. The molecule has 3 N–H and O–H groups in total. The predicted octanol–water partition coefficient (Wildman–Crippen LogP) is 2.87. The third-order valence-corrected chi connectivity index (χ3v) is 5.50. The number of hydrogen-bond donors (Lipinski definition) is 3. The van der Waals surface area contributed by atoms with Crippen LogP contribution in [-0.4, -0.2) is 52.1 Å². The van der Waals surface area contributed by atoms with Gasteiger partial charge in [0.05, 0.1) is 15.7 Å². The number of phenolic OH excluding ortho intramolecular Hbond substituents is 2. The van der Waals surface area contributed by atoms with Crippen LogP contribution in [0.2, 0.25) is 5.21 Å². The van der Waals surface area contributed by atoms with Crippen LogP contribution in [0.15, 0.2) is 35.9 Å². The van der Waals surface area contributed by atoms with Gasteiger partial charge in [0.1, 0.15) is 27.2 Å². The average Bonchev–Trinajstić information content (AvgIpc) is 2.53. The molecular weight excluding hydrogens is 343 g/mol. The molecule has 0 fully saturated rings. The summed E-state index contributed by atoms with van der Waals surface area (Å²) in [6.45, 7) is 7.95. The summed E-state index contributed by atoms with van der Waals surface area (Å²) in [6.07, 6.45) is 5.67. The van der Waals surface area contributed by atoms with E-state index in [1.807, 2.05) is 6.92 Å². The van der Waals surface area contributed by atoms with Gasteiger partial charge in [-0.1, -0.05) is 55.2 Å². The van der Waals surface area contributed by atoms with Crippen molar-refractivity contribution < 1.29 is 15.3 Å². The Morgan fingerprint density at radius 3 is 2.25 bits per heavy atom. The van der Waals surface area contributed by atoms with Gasteiger partial charge >= 0.3 is 0 Å². The summed E-state index contributed by atoms with van der Waals surface area (Å²) in [6, 6.07) is 3.33. The molecule has 3 nitrogen and oxygen atoms in total. The van der Waals surface area contributed by atoms with Crippen LogP contribution < -0.4 is 0 Å². The molecule has 0 heterocycles. The second-order valence-electron chi connectivity index (χ2n) is 8.13. The van der Waals surface area contributed by atoms with E-state index in [4.69, 9.17) is 31.4 Å². The Hall–Kier alpha value is -1.48. The molecule has 2 rings (SSSR count). The monoisotopic (exact) mass is 370 g/mol. The van der Waals surface area contributed by atoms with E-state index in [-0.39, 0.29) is 29.4 Å². The molecule has 0 saturated carbocycles. The maximum Gasteiger partial charge on any atom is 0.123 e. The van der Waals surface area contributed by atoms with Gasteiger partial charge in [0, 0.05) is 16.9 Å². The molecule has 0 aliphatic heterocycles. The van der Waals surface area contributed by atoms with Crippen LogP contribution in [-0.2, 0) is 6.42 Å². The minimum Gasteiger partial charge on any atom is -0.507 e. The standard InChI is InChI=1S/C21H26B4O3/c1-4-5-6-7-13-8-16(26)19(17(27)9-13)14-10-18(21(24,25)28)20(22,23)11-15(14)12(2)3/h8-10,14-15,26-28H,2,4-7,11H2,1,3H3/t14-,15+/m1/s1. The molecule has 7 heteroatoms. The lowest BCUT2D eigenvalue weighted by atomic mass is 9.38. The van der Waals surface area contributed by atoms with Crippen molar-refractivity contribution in [2.45, 2.75) is 62.5 Å². The van der Waals surface area contributed by atoms with Crippen LogP contribution in [0.5, 0.6) is 11.5 Å². The maximum atomic E-state index is 10.7. The average molecular weight is 370 g/mol. The summed E-state index contributed by atoms with van der Waals surface area (Å²) < 4.78 is 0. The number of aromatic hydroxyl groups is 2. The Morgan fingerprint density at radius 2 is 1.79 bits per heavy atom. The van der Waals surface area contributed by atoms with Crippen molar-refractivity contribution >= 4 is 31.4 Å². The van der Waals surface area contributed by atoms with Gasteiger partial charge in [-0.3, -0.25) is 0 Å². The molecule has 0 aromatic heterocycles. The van der Waals surface area contributed by atoms with Gasteiger partial charge in [0.2, 0.25) is 0 Å².